The molecule has 2 atom stereocenters. The molecule has 0 bridgehead atoms. The van der Waals surface area contributed by atoms with E-state index in [2.05, 4.69) is 39.1 Å². The first-order valence-corrected chi connectivity index (χ1v) is 5.04. The van der Waals surface area contributed by atoms with Gasteiger partial charge in [0.15, 0.2) is 0 Å². The first-order valence-electron chi connectivity index (χ1n) is 5.04. The maximum absolute atomic E-state index is 8.73. The molecule has 0 aliphatic rings. The van der Waals surface area contributed by atoms with Gasteiger partial charge in [0.05, 0.1) is 12.1 Å². The average Bonchev–Trinajstić information content (AvgIpc) is 2.04. The van der Waals surface area contributed by atoms with E-state index >= 15 is 0 Å². The standard InChI is InChI=1S/C11H22N2/c1-6-10(7-12)13-8-9(2)11(3,4)5/h9-10,13H,6,8H2,1-5H3. The Labute approximate surface area is 82.3 Å². The highest BCUT2D eigenvalue weighted by Gasteiger charge is 2.20. The summed E-state index contributed by atoms with van der Waals surface area (Å²) in [5.41, 5.74) is 0.320. The molecular weight excluding hydrogens is 160 g/mol. The Morgan fingerprint density at radius 1 is 1.38 bits per heavy atom. The highest BCUT2D eigenvalue weighted by Crippen LogP contribution is 2.24. The Morgan fingerprint density at radius 2 is 1.92 bits per heavy atom. The van der Waals surface area contributed by atoms with E-state index in [0.717, 1.165) is 13.0 Å². The first kappa shape index (κ1) is 12.4. The van der Waals surface area contributed by atoms with E-state index in [1.54, 1.807) is 0 Å². The van der Waals surface area contributed by atoms with Gasteiger partial charge in [-0.15, -0.1) is 0 Å². The maximum Gasteiger partial charge on any atom is 0.0950 e. The Balaban J connectivity index is 3.83. The molecule has 0 amide bonds. The SMILES string of the molecule is CCC(C#N)NCC(C)C(C)(C)C. The molecule has 1 N–H and O–H groups in total. The van der Waals surface area contributed by atoms with Gasteiger partial charge in [-0.3, -0.25) is 0 Å². The predicted molar refractivity (Wildman–Crippen MR) is 56.3 cm³/mol. The fourth-order valence-electron chi connectivity index (χ4n) is 0.906. The molecular formula is C11H22N2. The molecule has 13 heavy (non-hydrogen) atoms. The van der Waals surface area contributed by atoms with Crippen molar-refractivity contribution >= 4 is 0 Å². The van der Waals surface area contributed by atoms with Gasteiger partial charge in [0.25, 0.3) is 0 Å². The minimum absolute atomic E-state index is 0.0183. The summed E-state index contributed by atoms with van der Waals surface area (Å²) in [4.78, 5) is 0. The fourth-order valence-corrected chi connectivity index (χ4v) is 0.906. The summed E-state index contributed by atoms with van der Waals surface area (Å²) in [7, 11) is 0. The molecule has 0 aliphatic heterocycles. The molecule has 0 saturated heterocycles. The van der Waals surface area contributed by atoms with Gasteiger partial charge in [-0.25, -0.2) is 0 Å². The molecule has 0 fully saturated rings. The van der Waals surface area contributed by atoms with E-state index < -0.39 is 0 Å². The number of nitriles is 1. The van der Waals surface area contributed by atoms with Gasteiger partial charge in [-0.05, 0) is 24.3 Å². The summed E-state index contributed by atoms with van der Waals surface area (Å²) >= 11 is 0. The summed E-state index contributed by atoms with van der Waals surface area (Å²) in [5, 5.41) is 12.0. The molecule has 0 aromatic rings. The molecule has 2 nitrogen and oxygen atoms in total. The molecule has 2 unspecified atom stereocenters. The summed E-state index contributed by atoms with van der Waals surface area (Å²) in [6.07, 6.45) is 0.882. The smallest absolute Gasteiger partial charge is 0.0950 e. The van der Waals surface area contributed by atoms with Crippen molar-refractivity contribution in [3.63, 3.8) is 0 Å². The fraction of sp³-hybridized carbons (Fsp3) is 0.909. The Morgan fingerprint density at radius 3 is 2.23 bits per heavy atom. The molecule has 0 rings (SSSR count). The van der Waals surface area contributed by atoms with Crippen LogP contribution in [0.4, 0.5) is 0 Å². The largest absolute Gasteiger partial charge is 0.302 e. The van der Waals surface area contributed by atoms with Crippen LogP contribution in [0, 0.1) is 22.7 Å². The van der Waals surface area contributed by atoms with Crippen molar-refractivity contribution in [3.05, 3.63) is 0 Å². The Kier molecular flexibility index (Phi) is 5.02. The number of hydrogen-bond acceptors (Lipinski definition) is 2. The summed E-state index contributed by atoms with van der Waals surface area (Å²) < 4.78 is 0. The third-order valence-corrected chi connectivity index (χ3v) is 2.71. The van der Waals surface area contributed by atoms with Gasteiger partial charge < -0.3 is 5.32 Å². The minimum Gasteiger partial charge on any atom is -0.302 e. The maximum atomic E-state index is 8.73. The quantitative estimate of drug-likeness (QED) is 0.725. The third-order valence-electron chi connectivity index (χ3n) is 2.71. The van der Waals surface area contributed by atoms with Gasteiger partial charge in [0.2, 0.25) is 0 Å². The zero-order chi connectivity index (χ0) is 10.5. The van der Waals surface area contributed by atoms with E-state index in [9.17, 15) is 0 Å². The second-order valence-electron chi connectivity index (χ2n) is 4.77. The highest BCUT2D eigenvalue weighted by molar-refractivity contribution is 4.89. The zero-order valence-electron chi connectivity index (χ0n) is 9.52. The van der Waals surface area contributed by atoms with E-state index in [1.165, 1.54) is 0 Å². The first-order chi connectivity index (χ1) is 5.91. The molecule has 0 aliphatic carbocycles. The molecule has 2 heteroatoms. The highest BCUT2D eigenvalue weighted by atomic mass is 14.9. The van der Waals surface area contributed by atoms with Crippen molar-refractivity contribution < 1.29 is 0 Å². The molecule has 76 valence electrons. The van der Waals surface area contributed by atoms with Crippen LogP contribution in [-0.2, 0) is 0 Å². The van der Waals surface area contributed by atoms with Crippen LogP contribution in [0.5, 0.6) is 0 Å². The van der Waals surface area contributed by atoms with Crippen LogP contribution in [0.15, 0.2) is 0 Å². The summed E-state index contributed by atoms with van der Waals surface area (Å²) in [5.74, 6) is 0.592. The average molecular weight is 182 g/mol. The second-order valence-corrected chi connectivity index (χ2v) is 4.77. The predicted octanol–water partition coefficient (Wildman–Crippen LogP) is 2.56. The van der Waals surface area contributed by atoms with Crippen molar-refractivity contribution in [1.29, 1.82) is 5.26 Å². The number of nitrogens with zero attached hydrogens (tertiary/aromatic N) is 1. The van der Waals surface area contributed by atoms with Crippen LogP contribution in [0.3, 0.4) is 0 Å². The number of nitrogens with one attached hydrogen (secondary N) is 1. The summed E-state index contributed by atoms with van der Waals surface area (Å²) in [6, 6.07) is 2.27. The normalized spacial score (nSPS) is 16.3. The third kappa shape index (κ3) is 4.90. The van der Waals surface area contributed by atoms with Gasteiger partial charge in [-0.1, -0.05) is 34.6 Å². The van der Waals surface area contributed by atoms with Crippen molar-refractivity contribution in [2.75, 3.05) is 6.54 Å². The molecule has 0 spiro atoms. The lowest BCUT2D eigenvalue weighted by Gasteiger charge is -2.28. The van der Waals surface area contributed by atoms with Crippen molar-refractivity contribution in [3.8, 4) is 6.07 Å². The monoisotopic (exact) mass is 182 g/mol. The van der Waals surface area contributed by atoms with Crippen molar-refractivity contribution in [2.45, 2.75) is 47.1 Å². The molecule has 0 saturated carbocycles. The van der Waals surface area contributed by atoms with Gasteiger partial charge in [0.1, 0.15) is 0 Å². The van der Waals surface area contributed by atoms with Crippen molar-refractivity contribution in [1.82, 2.24) is 5.32 Å². The molecule has 0 aromatic carbocycles. The van der Waals surface area contributed by atoms with Crippen molar-refractivity contribution in [2.24, 2.45) is 11.3 Å². The van der Waals surface area contributed by atoms with Gasteiger partial charge in [0, 0.05) is 0 Å². The minimum atomic E-state index is 0.0183. The second kappa shape index (κ2) is 5.24. The Bertz CT molecular complexity index is 174. The van der Waals surface area contributed by atoms with E-state index in [1.807, 2.05) is 6.92 Å². The van der Waals surface area contributed by atoms with Crippen LogP contribution < -0.4 is 5.32 Å². The molecule has 0 radical (unpaired) electrons. The van der Waals surface area contributed by atoms with E-state index in [0.29, 0.717) is 11.3 Å². The number of rotatable bonds is 4. The van der Waals surface area contributed by atoms with Crippen LogP contribution in [0.1, 0.15) is 41.0 Å². The van der Waals surface area contributed by atoms with Gasteiger partial charge in [-0.2, -0.15) is 5.26 Å². The van der Waals surface area contributed by atoms with Crippen LogP contribution >= 0.6 is 0 Å². The van der Waals surface area contributed by atoms with E-state index in [-0.39, 0.29) is 6.04 Å². The molecule has 0 heterocycles. The lowest BCUT2D eigenvalue weighted by atomic mass is 9.82. The zero-order valence-corrected chi connectivity index (χ0v) is 9.52. The number of hydrogen-bond donors (Lipinski definition) is 1. The Hall–Kier alpha value is -0.550. The summed E-state index contributed by atoms with van der Waals surface area (Å²) in [6.45, 7) is 11.9. The topological polar surface area (TPSA) is 35.8 Å². The van der Waals surface area contributed by atoms with Crippen LogP contribution in [-0.4, -0.2) is 12.6 Å². The lowest BCUT2D eigenvalue weighted by Crippen LogP contribution is -2.35. The lowest BCUT2D eigenvalue weighted by molar-refractivity contribution is 0.249. The van der Waals surface area contributed by atoms with Crippen LogP contribution in [0.25, 0.3) is 0 Å². The van der Waals surface area contributed by atoms with Gasteiger partial charge >= 0.3 is 0 Å². The molecule has 0 aromatic heterocycles. The van der Waals surface area contributed by atoms with E-state index in [4.69, 9.17) is 5.26 Å². The van der Waals surface area contributed by atoms with Crippen LogP contribution in [0.2, 0.25) is 0 Å².